The maximum Gasteiger partial charge on any atom is 0.230 e. The van der Waals surface area contributed by atoms with E-state index in [-0.39, 0.29) is 6.54 Å². The minimum atomic E-state index is 0.159. The maximum atomic E-state index is 8.70. The minimum absolute atomic E-state index is 0.159. The molecule has 3 heterocycles. The quantitative estimate of drug-likeness (QED) is 0.822. The van der Waals surface area contributed by atoms with Gasteiger partial charge in [0.05, 0.1) is 30.0 Å². The van der Waals surface area contributed by atoms with Gasteiger partial charge in [-0.05, 0) is 15.9 Å². The number of hydrogen-bond donors (Lipinski definition) is 1. The maximum absolute atomic E-state index is 8.70. The van der Waals surface area contributed by atoms with Crippen molar-refractivity contribution in [3.8, 4) is 6.07 Å². The average molecular weight is 338 g/mol. The highest BCUT2D eigenvalue weighted by molar-refractivity contribution is 9.10. The van der Waals surface area contributed by atoms with Gasteiger partial charge in [-0.2, -0.15) is 24.8 Å². The van der Waals surface area contributed by atoms with Crippen LogP contribution >= 0.6 is 15.9 Å². The first-order valence-electron chi connectivity index (χ1n) is 6.14. The molecule has 0 unspecified atom stereocenters. The van der Waals surface area contributed by atoms with E-state index in [0.29, 0.717) is 30.8 Å². The fraction of sp³-hybridized carbons (Fsp3) is 0.455. The van der Waals surface area contributed by atoms with Crippen molar-refractivity contribution in [3.63, 3.8) is 0 Å². The van der Waals surface area contributed by atoms with Crippen molar-refractivity contribution in [2.24, 2.45) is 0 Å². The van der Waals surface area contributed by atoms with Crippen LogP contribution in [0.15, 0.2) is 10.7 Å². The summed E-state index contributed by atoms with van der Waals surface area (Å²) in [7, 11) is 0. The lowest BCUT2D eigenvalue weighted by Crippen LogP contribution is -2.37. The predicted octanol–water partition coefficient (Wildman–Crippen LogP) is 0.659. The fourth-order valence-corrected chi connectivity index (χ4v) is 2.33. The van der Waals surface area contributed by atoms with E-state index < -0.39 is 0 Å². The van der Waals surface area contributed by atoms with Crippen molar-refractivity contribution < 1.29 is 4.74 Å². The lowest BCUT2D eigenvalue weighted by atomic mass is 10.4. The molecule has 0 aromatic carbocycles. The smallest absolute Gasteiger partial charge is 0.230 e. The van der Waals surface area contributed by atoms with Crippen molar-refractivity contribution in [1.82, 2.24) is 19.6 Å². The van der Waals surface area contributed by atoms with Crippen LogP contribution < -0.4 is 10.2 Å². The zero-order valence-corrected chi connectivity index (χ0v) is 12.2. The summed E-state index contributed by atoms with van der Waals surface area (Å²) in [5, 5.41) is 15.8. The summed E-state index contributed by atoms with van der Waals surface area (Å²) < 4.78 is 7.69. The molecular formula is C11H12BrN7O. The van der Waals surface area contributed by atoms with Crippen LogP contribution in [-0.2, 0) is 4.74 Å². The van der Waals surface area contributed by atoms with E-state index in [9.17, 15) is 0 Å². The van der Waals surface area contributed by atoms with Crippen molar-refractivity contribution in [3.05, 3.63) is 10.7 Å². The van der Waals surface area contributed by atoms with Crippen LogP contribution in [0.3, 0.4) is 0 Å². The summed E-state index contributed by atoms with van der Waals surface area (Å²) in [4.78, 5) is 11.0. The molecule has 1 fully saturated rings. The fourth-order valence-electron chi connectivity index (χ4n) is 1.98. The summed E-state index contributed by atoms with van der Waals surface area (Å²) in [6, 6.07) is 2.03. The van der Waals surface area contributed by atoms with Gasteiger partial charge in [0.1, 0.15) is 6.54 Å². The van der Waals surface area contributed by atoms with Crippen LogP contribution in [0, 0.1) is 11.3 Å². The lowest BCUT2D eigenvalue weighted by Gasteiger charge is -2.27. The van der Waals surface area contributed by atoms with Crippen LogP contribution in [0.1, 0.15) is 0 Å². The van der Waals surface area contributed by atoms with Gasteiger partial charge in [-0.25, -0.2) is 0 Å². The number of morpholine rings is 1. The van der Waals surface area contributed by atoms with E-state index in [1.54, 1.807) is 10.7 Å². The Hall–Kier alpha value is -1.92. The van der Waals surface area contributed by atoms with Gasteiger partial charge in [-0.3, -0.25) is 0 Å². The number of nitrogens with one attached hydrogen (secondary N) is 1. The van der Waals surface area contributed by atoms with Gasteiger partial charge in [0.2, 0.25) is 11.9 Å². The van der Waals surface area contributed by atoms with Gasteiger partial charge in [0, 0.05) is 13.1 Å². The number of ether oxygens (including phenoxy) is 1. The summed E-state index contributed by atoms with van der Waals surface area (Å²) >= 11 is 3.42. The van der Waals surface area contributed by atoms with Crippen LogP contribution in [0.2, 0.25) is 0 Å². The topological polar surface area (TPSA) is 91.4 Å². The number of anilines is 2. The average Bonchev–Trinajstić information content (AvgIpc) is 2.87. The van der Waals surface area contributed by atoms with Crippen LogP contribution in [0.5, 0.6) is 0 Å². The number of rotatable bonds is 3. The van der Waals surface area contributed by atoms with Gasteiger partial charge < -0.3 is 15.0 Å². The number of halogens is 1. The second kappa shape index (κ2) is 5.60. The highest BCUT2D eigenvalue weighted by Gasteiger charge is 2.18. The van der Waals surface area contributed by atoms with E-state index in [1.807, 2.05) is 6.07 Å². The molecular weight excluding hydrogens is 326 g/mol. The van der Waals surface area contributed by atoms with E-state index in [4.69, 9.17) is 10.00 Å². The van der Waals surface area contributed by atoms with Gasteiger partial charge in [-0.1, -0.05) is 0 Å². The van der Waals surface area contributed by atoms with E-state index in [2.05, 4.69) is 41.2 Å². The molecule has 1 aliphatic heterocycles. The molecule has 8 nitrogen and oxygen atoms in total. The Morgan fingerprint density at radius 3 is 2.95 bits per heavy atom. The summed E-state index contributed by atoms with van der Waals surface area (Å²) in [5.41, 5.74) is 0.668. The van der Waals surface area contributed by atoms with Crippen LogP contribution in [0.4, 0.5) is 11.9 Å². The zero-order chi connectivity index (χ0) is 13.9. The first-order chi connectivity index (χ1) is 9.79. The number of nitriles is 1. The molecule has 9 heteroatoms. The van der Waals surface area contributed by atoms with Crippen molar-refractivity contribution in [2.45, 2.75) is 0 Å². The Morgan fingerprint density at radius 1 is 1.40 bits per heavy atom. The standard InChI is InChI=1S/C11H12BrN7O/c12-8-7-15-19-9(8)16-11(17-10(19)14-2-1-13)18-3-5-20-6-4-18/h7H,2-6H2,(H,14,16,17). The third-order valence-electron chi connectivity index (χ3n) is 2.93. The van der Waals surface area contributed by atoms with Crippen molar-refractivity contribution in [2.75, 3.05) is 43.1 Å². The third kappa shape index (κ3) is 2.39. The normalized spacial score (nSPS) is 15.3. The molecule has 1 saturated heterocycles. The van der Waals surface area contributed by atoms with E-state index in [1.165, 1.54) is 0 Å². The van der Waals surface area contributed by atoms with Gasteiger partial charge >= 0.3 is 0 Å². The Labute approximate surface area is 123 Å². The highest BCUT2D eigenvalue weighted by atomic mass is 79.9. The number of aromatic nitrogens is 4. The van der Waals surface area contributed by atoms with Crippen molar-refractivity contribution >= 4 is 33.5 Å². The minimum Gasteiger partial charge on any atom is -0.378 e. The molecule has 0 amide bonds. The zero-order valence-electron chi connectivity index (χ0n) is 10.6. The number of nitrogens with zero attached hydrogens (tertiary/aromatic N) is 6. The molecule has 0 radical (unpaired) electrons. The van der Waals surface area contributed by atoms with E-state index >= 15 is 0 Å². The first kappa shape index (κ1) is 13.1. The Bertz CT molecular complexity index is 659. The Morgan fingerprint density at radius 2 is 2.20 bits per heavy atom. The molecule has 3 rings (SSSR count). The SMILES string of the molecule is N#CCNc1nc(N2CCOCC2)nc2c(Br)cnn12. The van der Waals surface area contributed by atoms with E-state index in [0.717, 1.165) is 17.6 Å². The van der Waals surface area contributed by atoms with Gasteiger partial charge in [-0.15, -0.1) is 0 Å². The molecule has 2 aromatic rings. The predicted molar refractivity (Wildman–Crippen MR) is 75.6 cm³/mol. The van der Waals surface area contributed by atoms with Crippen LogP contribution in [0.25, 0.3) is 5.65 Å². The molecule has 0 saturated carbocycles. The largest absolute Gasteiger partial charge is 0.378 e. The number of hydrogen-bond acceptors (Lipinski definition) is 7. The molecule has 104 valence electrons. The van der Waals surface area contributed by atoms with Gasteiger partial charge in [0.25, 0.3) is 0 Å². The summed E-state index contributed by atoms with van der Waals surface area (Å²) in [6.45, 7) is 2.98. The Balaban J connectivity index is 2.03. The summed E-state index contributed by atoms with van der Waals surface area (Å²) in [6.07, 6.45) is 1.66. The third-order valence-corrected chi connectivity index (χ3v) is 3.49. The summed E-state index contributed by atoms with van der Waals surface area (Å²) in [5.74, 6) is 1.12. The first-order valence-corrected chi connectivity index (χ1v) is 6.93. The number of fused-ring (bicyclic) bond motifs is 1. The lowest BCUT2D eigenvalue weighted by molar-refractivity contribution is 0.122. The van der Waals surface area contributed by atoms with Crippen molar-refractivity contribution in [1.29, 1.82) is 5.26 Å². The van der Waals surface area contributed by atoms with Gasteiger partial charge in [0.15, 0.2) is 5.65 Å². The molecule has 0 spiro atoms. The Kier molecular flexibility index (Phi) is 3.66. The second-order valence-corrected chi connectivity index (χ2v) is 5.04. The second-order valence-electron chi connectivity index (χ2n) is 4.19. The molecule has 1 aliphatic rings. The molecule has 0 aliphatic carbocycles. The molecule has 0 bridgehead atoms. The highest BCUT2D eigenvalue weighted by Crippen LogP contribution is 2.21. The monoisotopic (exact) mass is 337 g/mol. The molecule has 1 N–H and O–H groups in total. The molecule has 0 atom stereocenters. The molecule has 20 heavy (non-hydrogen) atoms. The van der Waals surface area contributed by atoms with Crippen LogP contribution in [-0.4, -0.2) is 52.4 Å². The molecule has 2 aromatic heterocycles.